The van der Waals surface area contributed by atoms with Crippen molar-refractivity contribution >= 4 is 22.6 Å². The van der Waals surface area contributed by atoms with Gasteiger partial charge in [-0.25, -0.2) is 9.97 Å². The zero-order chi connectivity index (χ0) is 13.6. The van der Waals surface area contributed by atoms with E-state index in [-0.39, 0.29) is 16.2 Å². The topological polar surface area (TPSA) is 42.7 Å². The molecule has 2 aromatic heterocycles. The van der Waals surface area contributed by atoms with Crippen molar-refractivity contribution in [2.45, 2.75) is 12.7 Å². The molecule has 3 heterocycles. The first-order chi connectivity index (χ1) is 8.97. The summed E-state index contributed by atoms with van der Waals surface area (Å²) in [5.74, 6) is 0.324. The Kier molecular flexibility index (Phi) is 2.90. The van der Waals surface area contributed by atoms with E-state index in [1.54, 1.807) is 0 Å². The first kappa shape index (κ1) is 12.7. The number of nitrogens with one attached hydrogen (secondary N) is 1. The van der Waals surface area contributed by atoms with Crippen LogP contribution in [0.1, 0.15) is 5.56 Å². The Morgan fingerprint density at radius 2 is 2.11 bits per heavy atom. The molecule has 1 N–H and O–H groups in total. The maximum Gasteiger partial charge on any atom is 0.418 e. The van der Waals surface area contributed by atoms with E-state index in [4.69, 9.17) is 11.6 Å². The quantitative estimate of drug-likeness (QED) is 0.863. The lowest BCUT2D eigenvalue weighted by molar-refractivity contribution is -0.136. The Bertz CT molecular complexity index is 618. The Hall–Kier alpha value is -1.34. The van der Waals surface area contributed by atoms with Crippen LogP contribution in [0.3, 0.4) is 0 Å². The van der Waals surface area contributed by atoms with Gasteiger partial charge < -0.3 is 9.88 Å². The second kappa shape index (κ2) is 4.35. The fourth-order valence-corrected chi connectivity index (χ4v) is 2.43. The molecule has 19 heavy (non-hydrogen) atoms. The monoisotopic (exact) mass is 290 g/mol. The summed E-state index contributed by atoms with van der Waals surface area (Å²) in [6.07, 6.45) is -2.21. The summed E-state index contributed by atoms with van der Waals surface area (Å²) in [7, 11) is 0. The molecule has 0 atom stereocenters. The molecule has 0 aromatic carbocycles. The van der Waals surface area contributed by atoms with Crippen molar-refractivity contribution in [3.05, 3.63) is 23.2 Å². The molecule has 1 aliphatic rings. The SMILES string of the molecule is FC(F)(F)c1cn(CC2CNC2)c2ncnc(Cl)c12. The molecule has 0 spiro atoms. The van der Waals surface area contributed by atoms with E-state index >= 15 is 0 Å². The summed E-state index contributed by atoms with van der Waals surface area (Å²) < 4.78 is 40.5. The maximum atomic E-state index is 13.0. The number of aromatic nitrogens is 3. The maximum absolute atomic E-state index is 13.0. The van der Waals surface area contributed by atoms with Gasteiger partial charge in [-0.05, 0) is 0 Å². The van der Waals surface area contributed by atoms with Crippen LogP contribution in [0.4, 0.5) is 13.2 Å². The van der Waals surface area contributed by atoms with E-state index in [9.17, 15) is 13.2 Å². The van der Waals surface area contributed by atoms with Crippen molar-refractivity contribution < 1.29 is 13.2 Å². The van der Waals surface area contributed by atoms with Gasteiger partial charge in [0.1, 0.15) is 17.1 Å². The Morgan fingerprint density at radius 1 is 1.37 bits per heavy atom. The molecule has 0 saturated carbocycles. The molecule has 4 nitrogen and oxygen atoms in total. The number of fused-ring (bicyclic) bond motifs is 1. The van der Waals surface area contributed by atoms with Crippen LogP contribution in [0.2, 0.25) is 5.15 Å². The fourth-order valence-electron chi connectivity index (χ4n) is 2.20. The highest BCUT2D eigenvalue weighted by atomic mass is 35.5. The highest BCUT2D eigenvalue weighted by molar-refractivity contribution is 6.34. The highest BCUT2D eigenvalue weighted by Gasteiger charge is 2.36. The molecule has 0 radical (unpaired) electrons. The lowest BCUT2D eigenvalue weighted by Gasteiger charge is -2.27. The third-order valence-corrected chi connectivity index (χ3v) is 3.52. The summed E-state index contributed by atoms with van der Waals surface area (Å²) in [6, 6.07) is 0. The van der Waals surface area contributed by atoms with E-state index in [0.29, 0.717) is 12.5 Å². The van der Waals surface area contributed by atoms with Gasteiger partial charge in [-0.3, -0.25) is 0 Å². The third-order valence-electron chi connectivity index (χ3n) is 3.23. The molecular formula is C11H10ClF3N4. The molecule has 1 aliphatic heterocycles. The molecular weight excluding hydrogens is 281 g/mol. The van der Waals surface area contributed by atoms with E-state index in [2.05, 4.69) is 15.3 Å². The largest absolute Gasteiger partial charge is 0.418 e. The minimum atomic E-state index is -4.46. The average Bonchev–Trinajstić information content (AvgIpc) is 2.64. The second-order valence-electron chi connectivity index (χ2n) is 4.58. The summed E-state index contributed by atoms with van der Waals surface area (Å²) in [6.45, 7) is 2.10. The minimum absolute atomic E-state index is 0.121. The first-order valence-electron chi connectivity index (χ1n) is 5.74. The number of hydrogen-bond acceptors (Lipinski definition) is 3. The number of nitrogens with zero attached hydrogens (tertiary/aromatic N) is 3. The van der Waals surface area contributed by atoms with Crippen molar-refractivity contribution in [1.29, 1.82) is 0 Å². The van der Waals surface area contributed by atoms with Crippen molar-refractivity contribution in [2.24, 2.45) is 5.92 Å². The predicted octanol–water partition coefficient (Wildman–Crippen LogP) is 2.32. The van der Waals surface area contributed by atoms with Gasteiger partial charge in [0.15, 0.2) is 0 Å². The number of alkyl halides is 3. The van der Waals surface area contributed by atoms with Crippen LogP contribution in [0.15, 0.2) is 12.5 Å². The molecule has 3 rings (SSSR count). The fraction of sp³-hybridized carbons (Fsp3) is 0.455. The van der Waals surface area contributed by atoms with Gasteiger partial charge in [0.2, 0.25) is 0 Å². The van der Waals surface area contributed by atoms with Gasteiger partial charge in [-0.15, -0.1) is 0 Å². The van der Waals surface area contributed by atoms with Gasteiger partial charge in [0.25, 0.3) is 0 Å². The van der Waals surface area contributed by atoms with Gasteiger partial charge >= 0.3 is 6.18 Å². The standard InChI is InChI=1S/C11H10ClF3N4/c12-9-8-7(11(13,14)15)4-19(3-6-1-16-2-6)10(8)18-5-17-9/h4-6,16H,1-3H2. The third kappa shape index (κ3) is 2.17. The molecule has 1 fully saturated rings. The first-order valence-corrected chi connectivity index (χ1v) is 6.12. The van der Waals surface area contributed by atoms with Crippen LogP contribution < -0.4 is 5.32 Å². The summed E-state index contributed by atoms with van der Waals surface area (Å²) in [4.78, 5) is 7.57. The van der Waals surface area contributed by atoms with Crippen LogP contribution in [0.25, 0.3) is 11.0 Å². The molecule has 0 bridgehead atoms. The number of halogens is 4. The summed E-state index contributed by atoms with van der Waals surface area (Å²) in [5, 5.41) is 2.80. The van der Waals surface area contributed by atoms with Gasteiger partial charge in [0.05, 0.1) is 10.9 Å². The van der Waals surface area contributed by atoms with Gasteiger partial charge in [-0.2, -0.15) is 13.2 Å². The van der Waals surface area contributed by atoms with Gasteiger partial charge in [-0.1, -0.05) is 11.6 Å². The zero-order valence-electron chi connectivity index (χ0n) is 9.71. The van der Waals surface area contributed by atoms with E-state index in [0.717, 1.165) is 19.3 Å². The van der Waals surface area contributed by atoms with E-state index in [1.165, 1.54) is 10.9 Å². The smallest absolute Gasteiger partial charge is 0.331 e. The molecule has 102 valence electrons. The van der Waals surface area contributed by atoms with Crippen molar-refractivity contribution in [3.8, 4) is 0 Å². The Morgan fingerprint density at radius 3 is 2.68 bits per heavy atom. The number of rotatable bonds is 2. The van der Waals surface area contributed by atoms with Crippen molar-refractivity contribution in [1.82, 2.24) is 19.9 Å². The molecule has 0 unspecified atom stereocenters. The zero-order valence-corrected chi connectivity index (χ0v) is 10.5. The number of hydrogen-bond donors (Lipinski definition) is 1. The normalized spacial score (nSPS) is 16.8. The average molecular weight is 291 g/mol. The van der Waals surface area contributed by atoms with E-state index < -0.39 is 11.7 Å². The molecule has 1 saturated heterocycles. The van der Waals surface area contributed by atoms with Crippen LogP contribution >= 0.6 is 11.6 Å². The molecule has 0 amide bonds. The summed E-state index contributed by atoms with van der Waals surface area (Å²) >= 11 is 5.79. The summed E-state index contributed by atoms with van der Waals surface area (Å²) in [5.41, 5.74) is -0.542. The molecule has 2 aromatic rings. The highest BCUT2D eigenvalue weighted by Crippen LogP contribution is 2.38. The van der Waals surface area contributed by atoms with Crippen molar-refractivity contribution in [3.63, 3.8) is 0 Å². The van der Waals surface area contributed by atoms with Gasteiger partial charge in [0, 0.05) is 31.7 Å². The van der Waals surface area contributed by atoms with E-state index in [1.807, 2.05) is 0 Å². The lowest BCUT2D eigenvalue weighted by Crippen LogP contribution is -2.44. The Labute approximate surface area is 111 Å². The van der Waals surface area contributed by atoms with Crippen LogP contribution in [0, 0.1) is 5.92 Å². The predicted molar refractivity (Wildman–Crippen MR) is 63.9 cm³/mol. The molecule has 0 aliphatic carbocycles. The van der Waals surface area contributed by atoms with Crippen molar-refractivity contribution in [2.75, 3.05) is 13.1 Å². The second-order valence-corrected chi connectivity index (χ2v) is 4.94. The van der Waals surface area contributed by atoms with Crippen LogP contribution in [-0.4, -0.2) is 27.6 Å². The Balaban J connectivity index is 2.14. The molecule has 8 heteroatoms. The lowest BCUT2D eigenvalue weighted by atomic mass is 10.0. The minimum Gasteiger partial charge on any atom is -0.331 e. The van der Waals surface area contributed by atoms with Crippen LogP contribution in [-0.2, 0) is 12.7 Å². The van der Waals surface area contributed by atoms with Crippen LogP contribution in [0.5, 0.6) is 0 Å².